The van der Waals surface area contributed by atoms with Gasteiger partial charge in [-0.1, -0.05) is 27.7 Å². The van der Waals surface area contributed by atoms with Crippen LogP contribution in [0.4, 0.5) is 0 Å². The molecule has 6 aliphatic rings. The van der Waals surface area contributed by atoms with Gasteiger partial charge in [0.15, 0.2) is 5.79 Å². The highest BCUT2D eigenvalue weighted by Gasteiger charge is 2.69. The molecule has 4 saturated carbocycles. The van der Waals surface area contributed by atoms with Crippen molar-refractivity contribution in [3.63, 3.8) is 0 Å². The second-order valence-corrected chi connectivity index (χ2v) is 13.7. The third kappa shape index (κ3) is 3.25. The molecule has 0 amide bonds. The van der Waals surface area contributed by atoms with E-state index in [2.05, 4.69) is 27.7 Å². The van der Waals surface area contributed by atoms with Gasteiger partial charge >= 0.3 is 5.97 Å². The zero-order chi connectivity index (χ0) is 23.2. The lowest BCUT2D eigenvalue weighted by Gasteiger charge is -2.61. The Kier molecular flexibility index (Phi) is 5.32. The van der Waals surface area contributed by atoms with Crippen LogP contribution < -0.4 is 0 Å². The first-order valence-corrected chi connectivity index (χ1v) is 14.2. The molecule has 12 atom stereocenters. The number of hydrogen-bond donors (Lipinski definition) is 0. The molecule has 1 spiro atoms. The fourth-order valence-electron chi connectivity index (χ4n) is 10.6. The van der Waals surface area contributed by atoms with Crippen LogP contribution in [-0.4, -0.2) is 30.6 Å². The predicted octanol–water partition coefficient (Wildman–Crippen LogP) is 6.36. The lowest BCUT2D eigenvalue weighted by Crippen LogP contribution is -2.55. The fraction of sp³-hybridized carbons (Fsp3) is 0.966. The molecule has 10 unspecified atom stereocenters. The SMILES string of the molecule is CC(=O)OC1CCC2(C)C(CCC3C2CCC2(C)C3CC3O[C@]4(CCC(C)CO4)[C@@H](C)C32)C1. The summed E-state index contributed by atoms with van der Waals surface area (Å²) in [5.74, 6) is 4.63. The summed E-state index contributed by atoms with van der Waals surface area (Å²) in [4.78, 5) is 11.5. The molecule has 186 valence electrons. The maximum Gasteiger partial charge on any atom is 0.302 e. The monoisotopic (exact) mass is 458 g/mol. The number of hydrogen-bond acceptors (Lipinski definition) is 4. The molecule has 0 aromatic carbocycles. The minimum atomic E-state index is -0.300. The van der Waals surface area contributed by atoms with Gasteiger partial charge in [0.2, 0.25) is 0 Å². The summed E-state index contributed by atoms with van der Waals surface area (Å²) in [6, 6.07) is 0. The summed E-state index contributed by atoms with van der Waals surface area (Å²) in [6.07, 6.45) is 12.9. The number of carbonyl (C=O) groups excluding carboxylic acids is 1. The van der Waals surface area contributed by atoms with Crippen molar-refractivity contribution < 1.29 is 19.0 Å². The number of rotatable bonds is 1. The Bertz CT molecular complexity index is 786. The number of carbonyl (C=O) groups is 1. The molecule has 0 N–H and O–H groups in total. The van der Waals surface area contributed by atoms with E-state index in [-0.39, 0.29) is 17.9 Å². The van der Waals surface area contributed by atoms with Crippen LogP contribution in [0.1, 0.15) is 98.8 Å². The Hall–Kier alpha value is -0.610. The second kappa shape index (κ2) is 7.69. The summed E-state index contributed by atoms with van der Waals surface area (Å²) < 4.78 is 19.1. The molecule has 4 nitrogen and oxygen atoms in total. The van der Waals surface area contributed by atoms with Crippen LogP contribution in [-0.2, 0) is 19.0 Å². The zero-order valence-corrected chi connectivity index (χ0v) is 21.6. The predicted molar refractivity (Wildman–Crippen MR) is 127 cm³/mol. The average Bonchev–Trinajstić information content (AvgIpc) is 3.21. The van der Waals surface area contributed by atoms with Crippen LogP contribution in [0, 0.1) is 52.3 Å². The van der Waals surface area contributed by atoms with Crippen molar-refractivity contribution in [2.75, 3.05) is 6.61 Å². The van der Waals surface area contributed by atoms with E-state index in [1.165, 1.54) is 44.9 Å². The normalized spacial score (nSPS) is 57.7. The summed E-state index contributed by atoms with van der Waals surface area (Å²) in [7, 11) is 0. The molecule has 2 heterocycles. The Morgan fingerprint density at radius 3 is 2.42 bits per heavy atom. The molecule has 4 heteroatoms. The van der Waals surface area contributed by atoms with Crippen LogP contribution in [0.3, 0.4) is 0 Å². The van der Waals surface area contributed by atoms with E-state index >= 15 is 0 Å². The van der Waals surface area contributed by atoms with Crippen molar-refractivity contribution in [3.8, 4) is 0 Å². The van der Waals surface area contributed by atoms with Gasteiger partial charge in [0.25, 0.3) is 0 Å². The first-order chi connectivity index (χ1) is 15.7. The van der Waals surface area contributed by atoms with Crippen molar-refractivity contribution in [1.29, 1.82) is 0 Å². The minimum Gasteiger partial charge on any atom is -0.463 e. The topological polar surface area (TPSA) is 44.8 Å². The van der Waals surface area contributed by atoms with Crippen LogP contribution in [0.5, 0.6) is 0 Å². The van der Waals surface area contributed by atoms with Crippen molar-refractivity contribution in [2.45, 2.75) is 117 Å². The van der Waals surface area contributed by atoms with Crippen LogP contribution >= 0.6 is 0 Å². The number of ether oxygens (including phenoxy) is 3. The van der Waals surface area contributed by atoms with E-state index in [0.29, 0.717) is 34.7 Å². The zero-order valence-electron chi connectivity index (χ0n) is 21.6. The average molecular weight is 459 g/mol. The molecule has 4 aliphatic carbocycles. The van der Waals surface area contributed by atoms with Crippen molar-refractivity contribution in [1.82, 2.24) is 0 Å². The molecule has 0 bridgehead atoms. The lowest BCUT2D eigenvalue weighted by atomic mass is 9.44. The Morgan fingerprint density at radius 2 is 1.70 bits per heavy atom. The maximum atomic E-state index is 11.5. The van der Waals surface area contributed by atoms with Gasteiger partial charge in [-0.05, 0) is 104 Å². The fourth-order valence-corrected chi connectivity index (χ4v) is 10.6. The van der Waals surface area contributed by atoms with Gasteiger partial charge in [-0.15, -0.1) is 0 Å². The van der Waals surface area contributed by atoms with E-state index in [1.54, 1.807) is 6.92 Å². The van der Waals surface area contributed by atoms with Crippen molar-refractivity contribution >= 4 is 5.97 Å². The highest BCUT2D eigenvalue weighted by molar-refractivity contribution is 5.66. The highest BCUT2D eigenvalue weighted by Crippen LogP contribution is 2.71. The molecule has 6 rings (SSSR count). The Labute approximate surface area is 200 Å². The Balaban J connectivity index is 1.21. The molecular formula is C29H46O4. The standard InChI is InChI=1S/C29H46O4/c1-17-8-13-29(31-16-17)18(2)26-25(33-29)15-24-22-7-6-20-14-21(32-19(3)30)9-11-27(20,4)23(22)10-12-28(24,26)5/h17-18,20-26H,6-16H2,1-5H3/t17?,18-,20?,21?,22?,23?,24?,25?,26?,27?,28?,29+/m0/s1. The second-order valence-electron chi connectivity index (χ2n) is 13.7. The summed E-state index contributed by atoms with van der Waals surface area (Å²) in [5, 5.41) is 0. The van der Waals surface area contributed by atoms with E-state index in [0.717, 1.165) is 49.5 Å². The van der Waals surface area contributed by atoms with Crippen LogP contribution in [0.2, 0.25) is 0 Å². The van der Waals surface area contributed by atoms with E-state index in [9.17, 15) is 4.79 Å². The largest absolute Gasteiger partial charge is 0.463 e. The number of esters is 1. The highest BCUT2D eigenvalue weighted by atomic mass is 16.7. The lowest BCUT2D eigenvalue weighted by molar-refractivity contribution is -0.273. The van der Waals surface area contributed by atoms with Gasteiger partial charge in [0.1, 0.15) is 6.10 Å². The van der Waals surface area contributed by atoms with E-state index < -0.39 is 0 Å². The molecule has 0 aromatic rings. The van der Waals surface area contributed by atoms with Gasteiger partial charge in [-0.2, -0.15) is 0 Å². The van der Waals surface area contributed by atoms with Gasteiger partial charge in [0, 0.05) is 19.3 Å². The number of fused-ring (bicyclic) bond motifs is 7. The van der Waals surface area contributed by atoms with E-state index in [4.69, 9.17) is 14.2 Å². The van der Waals surface area contributed by atoms with Gasteiger partial charge in [-0.3, -0.25) is 4.79 Å². The van der Waals surface area contributed by atoms with Crippen LogP contribution in [0.15, 0.2) is 0 Å². The third-order valence-corrected chi connectivity index (χ3v) is 12.2. The summed E-state index contributed by atoms with van der Waals surface area (Å²) >= 11 is 0. The molecule has 0 radical (unpaired) electrons. The first kappa shape index (κ1) is 22.8. The maximum absolute atomic E-state index is 11.5. The molecule has 2 aliphatic heterocycles. The van der Waals surface area contributed by atoms with Gasteiger partial charge < -0.3 is 14.2 Å². The van der Waals surface area contributed by atoms with Gasteiger partial charge in [0.05, 0.1) is 12.7 Å². The first-order valence-electron chi connectivity index (χ1n) is 14.2. The molecule has 0 aromatic heterocycles. The van der Waals surface area contributed by atoms with Crippen molar-refractivity contribution in [2.24, 2.45) is 52.3 Å². The minimum absolute atomic E-state index is 0.105. The third-order valence-electron chi connectivity index (χ3n) is 12.2. The quantitative estimate of drug-likeness (QED) is 0.429. The smallest absolute Gasteiger partial charge is 0.302 e. The molecule has 6 fully saturated rings. The van der Waals surface area contributed by atoms with Crippen LogP contribution in [0.25, 0.3) is 0 Å². The Morgan fingerprint density at radius 1 is 0.909 bits per heavy atom. The van der Waals surface area contributed by atoms with E-state index in [1.807, 2.05) is 0 Å². The molecular weight excluding hydrogens is 412 g/mol. The van der Waals surface area contributed by atoms with Gasteiger partial charge in [-0.25, -0.2) is 0 Å². The summed E-state index contributed by atoms with van der Waals surface area (Å²) in [6.45, 7) is 12.4. The van der Waals surface area contributed by atoms with Crippen molar-refractivity contribution in [3.05, 3.63) is 0 Å². The molecule has 33 heavy (non-hydrogen) atoms. The summed E-state index contributed by atoms with van der Waals surface area (Å²) in [5.41, 5.74) is 0.828. The molecule has 2 saturated heterocycles.